The van der Waals surface area contributed by atoms with Gasteiger partial charge < -0.3 is 0 Å². The molecule has 0 fully saturated rings. The van der Waals surface area contributed by atoms with Crippen LogP contribution in [0.4, 0.5) is 5.69 Å². The van der Waals surface area contributed by atoms with E-state index in [4.69, 9.17) is 9.98 Å². The van der Waals surface area contributed by atoms with Gasteiger partial charge in [0, 0.05) is 9.86 Å². The number of para-hydroxylation sites is 2. The minimum Gasteiger partial charge on any atom is -0.254 e. The van der Waals surface area contributed by atoms with Crippen molar-refractivity contribution in [1.82, 2.24) is 4.98 Å². The van der Waals surface area contributed by atoms with Crippen molar-refractivity contribution >= 4 is 38.7 Å². The Balaban J connectivity index is 2.06. The van der Waals surface area contributed by atoms with Gasteiger partial charge in [-0.3, -0.25) is 4.99 Å². The number of pyridine rings is 1. The summed E-state index contributed by atoms with van der Waals surface area (Å²) in [6.07, 6.45) is 1.88. The first-order valence-corrected chi connectivity index (χ1v) is 9.49. The summed E-state index contributed by atoms with van der Waals surface area (Å²) < 4.78 is 1.01. The monoisotopic (exact) mass is 394 g/mol. The molecule has 0 unspecified atom stereocenters. The minimum atomic E-state index is 0.435. The Morgan fingerprint density at radius 2 is 1.52 bits per heavy atom. The Labute approximate surface area is 158 Å². The molecule has 3 rings (SSSR count). The third-order valence-electron chi connectivity index (χ3n) is 4.36. The lowest BCUT2D eigenvalue weighted by Crippen LogP contribution is -1.96. The molecule has 0 radical (unpaired) electrons. The molecule has 0 spiro atoms. The molecular weight excluding hydrogens is 372 g/mol. The number of rotatable bonds is 4. The molecule has 0 aliphatic heterocycles. The third kappa shape index (κ3) is 3.82. The second-order valence-corrected chi connectivity index (χ2v) is 7.75. The summed E-state index contributed by atoms with van der Waals surface area (Å²) in [4.78, 5) is 9.60. The Morgan fingerprint density at radius 3 is 2.16 bits per heavy atom. The lowest BCUT2D eigenvalue weighted by atomic mass is 9.93. The predicted octanol–water partition coefficient (Wildman–Crippen LogP) is 6.99. The molecule has 3 heteroatoms. The van der Waals surface area contributed by atoms with Crippen molar-refractivity contribution in [3.05, 3.63) is 69.8 Å². The zero-order chi connectivity index (χ0) is 18.0. The molecule has 3 aromatic rings. The van der Waals surface area contributed by atoms with Crippen LogP contribution in [0.15, 0.2) is 58.0 Å². The fraction of sp³-hybridized carbons (Fsp3) is 0.273. The van der Waals surface area contributed by atoms with E-state index in [9.17, 15) is 0 Å². The van der Waals surface area contributed by atoms with Crippen LogP contribution >= 0.6 is 15.9 Å². The van der Waals surface area contributed by atoms with E-state index in [1.54, 1.807) is 0 Å². The average Bonchev–Trinajstić information content (AvgIpc) is 2.60. The van der Waals surface area contributed by atoms with E-state index in [1.165, 1.54) is 11.1 Å². The molecule has 2 aromatic carbocycles. The van der Waals surface area contributed by atoms with Crippen LogP contribution in [-0.4, -0.2) is 11.2 Å². The summed E-state index contributed by atoms with van der Waals surface area (Å²) in [5.74, 6) is 0.870. The summed E-state index contributed by atoms with van der Waals surface area (Å²) in [5.41, 5.74) is 5.48. The van der Waals surface area contributed by atoms with Gasteiger partial charge in [0.15, 0.2) is 0 Å². The number of benzene rings is 2. The lowest BCUT2D eigenvalue weighted by molar-refractivity contribution is 0.835. The van der Waals surface area contributed by atoms with Crippen molar-refractivity contribution < 1.29 is 0 Å². The number of aromatic nitrogens is 1. The van der Waals surface area contributed by atoms with Crippen LogP contribution in [0.2, 0.25) is 0 Å². The third-order valence-corrected chi connectivity index (χ3v) is 5.00. The van der Waals surface area contributed by atoms with Gasteiger partial charge in [-0.25, -0.2) is 4.98 Å². The van der Waals surface area contributed by atoms with Crippen LogP contribution in [0.1, 0.15) is 56.4 Å². The minimum absolute atomic E-state index is 0.435. The Morgan fingerprint density at radius 1 is 0.880 bits per heavy atom. The van der Waals surface area contributed by atoms with Gasteiger partial charge in [-0.1, -0.05) is 64.1 Å². The van der Waals surface area contributed by atoms with Gasteiger partial charge in [-0.15, -0.1) is 0 Å². The second-order valence-electron chi connectivity index (χ2n) is 6.90. The molecule has 25 heavy (non-hydrogen) atoms. The highest BCUT2D eigenvalue weighted by atomic mass is 79.9. The van der Waals surface area contributed by atoms with E-state index in [0.717, 1.165) is 26.8 Å². The SMILES string of the molecule is CC(C)c1cccc(C(C)C)c1N=Cc1ccc2cccc(Br)c2n1. The topological polar surface area (TPSA) is 25.2 Å². The first-order chi connectivity index (χ1) is 12.0. The summed E-state index contributed by atoms with van der Waals surface area (Å²) in [6, 6.07) is 16.7. The predicted molar refractivity (Wildman–Crippen MR) is 111 cm³/mol. The van der Waals surface area contributed by atoms with Gasteiger partial charge in [-0.2, -0.15) is 0 Å². The largest absolute Gasteiger partial charge is 0.254 e. The van der Waals surface area contributed by atoms with E-state index in [2.05, 4.69) is 74.0 Å². The van der Waals surface area contributed by atoms with Gasteiger partial charge in [-0.05, 0) is 51.0 Å². The highest BCUT2D eigenvalue weighted by Crippen LogP contribution is 2.34. The maximum Gasteiger partial charge on any atom is 0.0851 e. The highest BCUT2D eigenvalue weighted by Gasteiger charge is 2.12. The molecule has 1 heterocycles. The van der Waals surface area contributed by atoms with Crippen LogP contribution in [0, 0.1) is 0 Å². The molecular formula is C22H23BrN2. The maximum absolute atomic E-state index is 4.85. The standard InChI is InChI=1S/C22H23BrN2/c1-14(2)18-8-6-9-19(15(3)4)22(18)24-13-17-12-11-16-7-5-10-20(23)21(16)25-17/h5-15H,1-4H3. The number of aliphatic imine (C=N–C) groups is 1. The molecule has 0 amide bonds. The molecule has 2 nitrogen and oxygen atoms in total. The molecule has 0 saturated carbocycles. The molecule has 0 aliphatic rings. The van der Waals surface area contributed by atoms with Crippen LogP contribution in [0.5, 0.6) is 0 Å². The molecule has 128 valence electrons. The van der Waals surface area contributed by atoms with Crippen molar-refractivity contribution in [3.63, 3.8) is 0 Å². The Kier molecular flexibility index (Phi) is 5.33. The maximum atomic E-state index is 4.85. The van der Waals surface area contributed by atoms with Crippen molar-refractivity contribution in [3.8, 4) is 0 Å². The van der Waals surface area contributed by atoms with Gasteiger partial charge >= 0.3 is 0 Å². The number of fused-ring (bicyclic) bond motifs is 1. The van der Waals surface area contributed by atoms with Crippen LogP contribution in [0.25, 0.3) is 10.9 Å². The van der Waals surface area contributed by atoms with Crippen LogP contribution in [0.3, 0.4) is 0 Å². The summed E-state index contributed by atoms with van der Waals surface area (Å²) in [7, 11) is 0. The van der Waals surface area contributed by atoms with E-state index in [1.807, 2.05) is 24.4 Å². The van der Waals surface area contributed by atoms with Gasteiger partial charge in [0.1, 0.15) is 0 Å². The fourth-order valence-corrected chi connectivity index (χ4v) is 3.46. The Hall–Kier alpha value is -2.00. The first kappa shape index (κ1) is 17.8. The zero-order valence-electron chi connectivity index (χ0n) is 15.1. The average molecular weight is 395 g/mol. The molecule has 0 saturated heterocycles. The molecule has 0 aliphatic carbocycles. The Bertz CT molecular complexity index is 900. The van der Waals surface area contributed by atoms with Crippen molar-refractivity contribution in [2.24, 2.45) is 4.99 Å². The number of hydrogen-bond donors (Lipinski definition) is 0. The van der Waals surface area contributed by atoms with E-state index in [-0.39, 0.29) is 0 Å². The molecule has 0 bridgehead atoms. The molecule has 0 N–H and O–H groups in total. The van der Waals surface area contributed by atoms with E-state index >= 15 is 0 Å². The second kappa shape index (κ2) is 7.49. The molecule has 0 atom stereocenters. The van der Waals surface area contributed by atoms with Crippen LogP contribution in [-0.2, 0) is 0 Å². The summed E-state index contributed by atoms with van der Waals surface area (Å²) in [6.45, 7) is 8.85. The first-order valence-electron chi connectivity index (χ1n) is 8.69. The van der Waals surface area contributed by atoms with E-state index in [0.29, 0.717) is 11.8 Å². The van der Waals surface area contributed by atoms with Gasteiger partial charge in [0.2, 0.25) is 0 Å². The fourth-order valence-electron chi connectivity index (χ4n) is 2.99. The van der Waals surface area contributed by atoms with Gasteiger partial charge in [0.25, 0.3) is 0 Å². The smallest absolute Gasteiger partial charge is 0.0851 e. The summed E-state index contributed by atoms with van der Waals surface area (Å²) >= 11 is 3.58. The molecule has 1 aromatic heterocycles. The number of nitrogens with zero attached hydrogens (tertiary/aromatic N) is 2. The lowest BCUT2D eigenvalue weighted by Gasteiger charge is -2.16. The quantitative estimate of drug-likeness (QED) is 0.437. The highest BCUT2D eigenvalue weighted by molar-refractivity contribution is 9.10. The van der Waals surface area contributed by atoms with E-state index < -0.39 is 0 Å². The van der Waals surface area contributed by atoms with Crippen molar-refractivity contribution in [1.29, 1.82) is 0 Å². The summed E-state index contributed by atoms with van der Waals surface area (Å²) in [5, 5.41) is 1.12. The van der Waals surface area contributed by atoms with Crippen LogP contribution < -0.4 is 0 Å². The van der Waals surface area contributed by atoms with Gasteiger partial charge in [0.05, 0.1) is 23.1 Å². The zero-order valence-corrected chi connectivity index (χ0v) is 16.7. The normalized spacial score (nSPS) is 12.0. The van der Waals surface area contributed by atoms with Crippen molar-refractivity contribution in [2.75, 3.05) is 0 Å². The van der Waals surface area contributed by atoms with Crippen molar-refractivity contribution in [2.45, 2.75) is 39.5 Å². The number of halogens is 1. The number of hydrogen-bond acceptors (Lipinski definition) is 2.